The molecular weight excluding hydrogens is 243 g/mol. The van der Waals surface area contributed by atoms with Crippen molar-refractivity contribution in [1.29, 1.82) is 0 Å². The molecule has 98 valence electrons. The Morgan fingerprint density at radius 2 is 1.74 bits per heavy atom. The van der Waals surface area contributed by atoms with E-state index in [-0.39, 0.29) is 5.82 Å². The van der Waals surface area contributed by atoms with Crippen LogP contribution in [-0.4, -0.2) is 13.4 Å². The minimum Gasteiger partial charge on any atom is -0.496 e. The molecule has 0 amide bonds. The van der Waals surface area contributed by atoms with Crippen molar-refractivity contribution >= 4 is 6.29 Å². The molecule has 2 aromatic carbocycles. The zero-order valence-electron chi connectivity index (χ0n) is 11.2. The summed E-state index contributed by atoms with van der Waals surface area (Å²) in [4.78, 5) is 10.8. The fourth-order valence-electron chi connectivity index (χ4n) is 2.27. The first kappa shape index (κ1) is 13.3. The standard InChI is InChI=1S/C16H15FO2/c1-10-6-13(7-11(2)16(10)19-3)14-8-12(9-18)4-5-15(14)17/h4-9H,1-3H3. The highest BCUT2D eigenvalue weighted by atomic mass is 19.1. The molecule has 0 heterocycles. The van der Waals surface area contributed by atoms with E-state index < -0.39 is 0 Å². The third kappa shape index (κ3) is 2.50. The molecule has 0 aliphatic rings. The molecule has 2 nitrogen and oxygen atoms in total. The molecule has 0 spiro atoms. The lowest BCUT2D eigenvalue weighted by Gasteiger charge is -2.12. The SMILES string of the molecule is COc1c(C)cc(-c2cc(C=O)ccc2F)cc1C. The van der Waals surface area contributed by atoms with E-state index in [1.807, 2.05) is 26.0 Å². The Morgan fingerprint density at radius 3 is 2.26 bits per heavy atom. The molecule has 0 saturated heterocycles. The highest BCUT2D eigenvalue weighted by molar-refractivity contribution is 5.79. The van der Waals surface area contributed by atoms with Crippen LogP contribution in [0.2, 0.25) is 0 Å². The molecule has 0 radical (unpaired) electrons. The normalized spacial score (nSPS) is 10.3. The van der Waals surface area contributed by atoms with E-state index in [2.05, 4.69) is 0 Å². The zero-order valence-corrected chi connectivity index (χ0v) is 11.2. The Balaban J connectivity index is 2.62. The maximum Gasteiger partial charge on any atom is 0.150 e. The van der Waals surface area contributed by atoms with Crippen molar-refractivity contribution in [2.75, 3.05) is 7.11 Å². The minimum absolute atomic E-state index is 0.338. The Bertz CT molecular complexity index is 610. The maximum absolute atomic E-state index is 13.9. The predicted molar refractivity (Wildman–Crippen MR) is 73.2 cm³/mol. The molecule has 0 fully saturated rings. The van der Waals surface area contributed by atoms with Crippen LogP contribution < -0.4 is 4.74 Å². The summed E-state index contributed by atoms with van der Waals surface area (Å²) in [6.45, 7) is 3.83. The van der Waals surface area contributed by atoms with Crippen LogP contribution in [0.4, 0.5) is 4.39 Å². The summed E-state index contributed by atoms with van der Waals surface area (Å²) in [5.41, 5.74) is 3.51. The monoisotopic (exact) mass is 258 g/mol. The van der Waals surface area contributed by atoms with Crippen LogP contribution in [0.1, 0.15) is 21.5 Å². The summed E-state index contributed by atoms with van der Waals surface area (Å²) < 4.78 is 19.2. The number of halogens is 1. The zero-order chi connectivity index (χ0) is 14.0. The van der Waals surface area contributed by atoms with Crippen LogP contribution in [0.5, 0.6) is 5.75 Å². The molecule has 19 heavy (non-hydrogen) atoms. The van der Waals surface area contributed by atoms with Crippen molar-refractivity contribution in [2.24, 2.45) is 0 Å². The summed E-state index contributed by atoms with van der Waals surface area (Å²) >= 11 is 0. The quantitative estimate of drug-likeness (QED) is 0.780. The molecule has 0 unspecified atom stereocenters. The number of hydrogen-bond acceptors (Lipinski definition) is 2. The predicted octanol–water partition coefficient (Wildman–Crippen LogP) is 3.93. The molecule has 2 rings (SSSR count). The second-order valence-corrected chi connectivity index (χ2v) is 4.50. The number of aldehydes is 1. The van der Waals surface area contributed by atoms with E-state index in [0.29, 0.717) is 17.4 Å². The third-order valence-corrected chi connectivity index (χ3v) is 3.10. The Labute approximate surface area is 111 Å². The van der Waals surface area contributed by atoms with E-state index in [1.54, 1.807) is 13.2 Å². The van der Waals surface area contributed by atoms with Gasteiger partial charge < -0.3 is 4.74 Å². The average Bonchev–Trinajstić information content (AvgIpc) is 2.39. The number of carbonyl (C=O) groups is 1. The Kier molecular flexibility index (Phi) is 3.65. The molecule has 0 atom stereocenters. The molecule has 0 N–H and O–H groups in total. The maximum atomic E-state index is 13.9. The number of ether oxygens (including phenoxy) is 1. The first-order valence-electron chi connectivity index (χ1n) is 5.97. The second-order valence-electron chi connectivity index (χ2n) is 4.50. The average molecular weight is 258 g/mol. The highest BCUT2D eigenvalue weighted by Crippen LogP contribution is 2.31. The van der Waals surface area contributed by atoms with Gasteiger partial charge in [0.25, 0.3) is 0 Å². The second kappa shape index (κ2) is 5.22. The van der Waals surface area contributed by atoms with Crippen molar-refractivity contribution in [1.82, 2.24) is 0 Å². The fourth-order valence-corrected chi connectivity index (χ4v) is 2.27. The molecule has 0 aliphatic carbocycles. The van der Waals surface area contributed by atoms with Crippen LogP contribution in [0.25, 0.3) is 11.1 Å². The lowest BCUT2D eigenvalue weighted by molar-refractivity contribution is 0.112. The minimum atomic E-state index is -0.338. The van der Waals surface area contributed by atoms with Gasteiger partial charge in [0.2, 0.25) is 0 Å². The van der Waals surface area contributed by atoms with E-state index in [0.717, 1.165) is 22.4 Å². The highest BCUT2D eigenvalue weighted by Gasteiger charge is 2.10. The van der Waals surface area contributed by atoms with Gasteiger partial charge in [0, 0.05) is 11.1 Å². The number of rotatable bonds is 3. The van der Waals surface area contributed by atoms with Crippen LogP contribution in [-0.2, 0) is 0 Å². The third-order valence-electron chi connectivity index (χ3n) is 3.10. The number of hydrogen-bond donors (Lipinski definition) is 0. The van der Waals surface area contributed by atoms with E-state index in [9.17, 15) is 9.18 Å². The molecular formula is C16H15FO2. The van der Waals surface area contributed by atoms with Gasteiger partial charge in [0.15, 0.2) is 0 Å². The first-order chi connectivity index (χ1) is 9.06. The topological polar surface area (TPSA) is 26.3 Å². The van der Waals surface area contributed by atoms with Crippen LogP contribution in [0, 0.1) is 19.7 Å². The van der Waals surface area contributed by atoms with Crippen molar-refractivity contribution < 1.29 is 13.9 Å². The summed E-state index contributed by atoms with van der Waals surface area (Å²) in [6.07, 6.45) is 0.714. The van der Waals surface area contributed by atoms with Crippen LogP contribution in [0.3, 0.4) is 0 Å². The van der Waals surface area contributed by atoms with Crippen molar-refractivity contribution in [2.45, 2.75) is 13.8 Å². The van der Waals surface area contributed by atoms with Gasteiger partial charge in [0.05, 0.1) is 7.11 Å². The Morgan fingerprint density at radius 1 is 1.11 bits per heavy atom. The summed E-state index contributed by atoms with van der Waals surface area (Å²) in [5.74, 6) is 0.463. The van der Waals surface area contributed by atoms with Crippen molar-refractivity contribution in [3.63, 3.8) is 0 Å². The van der Waals surface area contributed by atoms with E-state index >= 15 is 0 Å². The Hall–Kier alpha value is -2.16. The first-order valence-corrected chi connectivity index (χ1v) is 5.97. The molecule has 0 saturated carbocycles. The van der Waals surface area contributed by atoms with Crippen LogP contribution >= 0.6 is 0 Å². The fraction of sp³-hybridized carbons (Fsp3) is 0.188. The van der Waals surface area contributed by atoms with Gasteiger partial charge in [-0.2, -0.15) is 0 Å². The molecule has 0 bridgehead atoms. The van der Waals surface area contributed by atoms with Gasteiger partial charge >= 0.3 is 0 Å². The molecule has 2 aromatic rings. The lowest BCUT2D eigenvalue weighted by Crippen LogP contribution is -1.94. The summed E-state index contributed by atoms with van der Waals surface area (Å²) in [5, 5.41) is 0. The number of aryl methyl sites for hydroxylation is 2. The van der Waals surface area contributed by atoms with Gasteiger partial charge in [-0.1, -0.05) is 0 Å². The number of methoxy groups -OCH3 is 1. The van der Waals surface area contributed by atoms with Crippen LogP contribution in [0.15, 0.2) is 30.3 Å². The van der Waals surface area contributed by atoms with Gasteiger partial charge in [-0.15, -0.1) is 0 Å². The van der Waals surface area contributed by atoms with Gasteiger partial charge in [-0.25, -0.2) is 4.39 Å². The lowest BCUT2D eigenvalue weighted by atomic mass is 9.98. The number of carbonyl (C=O) groups excluding carboxylic acids is 1. The van der Waals surface area contributed by atoms with Gasteiger partial charge in [-0.05, 0) is 60.9 Å². The van der Waals surface area contributed by atoms with Crippen molar-refractivity contribution in [3.8, 4) is 16.9 Å². The van der Waals surface area contributed by atoms with E-state index in [4.69, 9.17) is 4.74 Å². The molecule has 0 aromatic heterocycles. The largest absolute Gasteiger partial charge is 0.496 e. The summed E-state index contributed by atoms with van der Waals surface area (Å²) in [7, 11) is 1.61. The summed E-state index contributed by atoms with van der Waals surface area (Å²) in [6, 6.07) is 8.06. The van der Waals surface area contributed by atoms with Crippen molar-refractivity contribution in [3.05, 3.63) is 52.8 Å². The van der Waals surface area contributed by atoms with Gasteiger partial charge in [-0.3, -0.25) is 4.79 Å². The van der Waals surface area contributed by atoms with Gasteiger partial charge in [0.1, 0.15) is 17.9 Å². The van der Waals surface area contributed by atoms with E-state index in [1.165, 1.54) is 12.1 Å². The molecule has 0 aliphatic heterocycles. The molecule has 3 heteroatoms. The smallest absolute Gasteiger partial charge is 0.150 e. The number of benzene rings is 2.